The summed E-state index contributed by atoms with van der Waals surface area (Å²) in [5.74, 6) is 0.833. The molecular formula is C8H8Cl2OS. The van der Waals surface area contributed by atoms with Crippen LogP contribution in [0.25, 0.3) is 0 Å². The van der Waals surface area contributed by atoms with E-state index in [-0.39, 0.29) is 0 Å². The second-order valence-electron chi connectivity index (χ2n) is 2.05. The molecule has 1 aromatic carbocycles. The molecule has 1 rings (SSSR count). The van der Waals surface area contributed by atoms with E-state index in [1.807, 2.05) is 24.3 Å². The van der Waals surface area contributed by atoms with Gasteiger partial charge in [0.05, 0.1) is 7.11 Å². The van der Waals surface area contributed by atoms with Crippen LogP contribution in [0.5, 0.6) is 5.75 Å². The summed E-state index contributed by atoms with van der Waals surface area (Å²) in [6, 6.07) is 7.58. The van der Waals surface area contributed by atoms with Crippen LogP contribution in [-0.2, 0) is 0 Å². The molecule has 0 bridgehead atoms. The van der Waals surface area contributed by atoms with Crippen molar-refractivity contribution in [1.29, 1.82) is 0 Å². The van der Waals surface area contributed by atoms with Gasteiger partial charge in [0, 0.05) is 4.90 Å². The molecule has 0 saturated heterocycles. The van der Waals surface area contributed by atoms with E-state index >= 15 is 0 Å². The number of hydrogen-bond donors (Lipinski definition) is 0. The molecular weight excluding hydrogens is 215 g/mol. The first-order chi connectivity index (χ1) is 5.72. The zero-order valence-electron chi connectivity index (χ0n) is 6.46. The van der Waals surface area contributed by atoms with Crippen LogP contribution in [0.15, 0.2) is 29.2 Å². The maximum atomic E-state index is 5.58. The molecule has 0 atom stereocenters. The van der Waals surface area contributed by atoms with E-state index in [0.29, 0.717) is 0 Å². The zero-order valence-corrected chi connectivity index (χ0v) is 8.79. The van der Waals surface area contributed by atoms with Crippen molar-refractivity contribution in [1.82, 2.24) is 0 Å². The van der Waals surface area contributed by atoms with Gasteiger partial charge in [-0.05, 0) is 24.3 Å². The predicted molar refractivity (Wildman–Crippen MR) is 54.3 cm³/mol. The molecule has 0 fully saturated rings. The number of ether oxygens (including phenoxy) is 1. The van der Waals surface area contributed by atoms with Gasteiger partial charge in [-0.25, -0.2) is 0 Å². The van der Waals surface area contributed by atoms with Crippen molar-refractivity contribution in [2.75, 3.05) is 7.11 Å². The Kier molecular flexibility index (Phi) is 4.06. The van der Waals surface area contributed by atoms with E-state index in [9.17, 15) is 0 Å². The highest BCUT2D eigenvalue weighted by atomic mass is 35.5. The number of hydrogen-bond acceptors (Lipinski definition) is 2. The molecule has 4 heteroatoms. The Balaban J connectivity index is 2.65. The summed E-state index contributed by atoms with van der Waals surface area (Å²) in [7, 11) is 1.63. The summed E-state index contributed by atoms with van der Waals surface area (Å²) >= 11 is 12.6. The van der Waals surface area contributed by atoms with Gasteiger partial charge in [0.25, 0.3) is 0 Å². The number of halogens is 2. The van der Waals surface area contributed by atoms with Gasteiger partial charge in [-0.3, -0.25) is 0 Å². The van der Waals surface area contributed by atoms with Gasteiger partial charge in [0.1, 0.15) is 5.75 Å². The van der Waals surface area contributed by atoms with Gasteiger partial charge in [-0.15, -0.1) is 0 Å². The fourth-order valence-corrected chi connectivity index (χ4v) is 1.87. The third kappa shape index (κ3) is 3.13. The Morgan fingerprint density at radius 3 is 2.25 bits per heavy atom. The lowest BCUT2D eigenvalue weighted by molar-refractivity contribution is 0.414. The quantitative estimate of drug-likeness (QED) is 0.572. The van der Waals surface area contributed by atoms with Crippen LogP contribution < -0.4 is 4.74 Å². The topological polar surface area (TPSA) is 9.23 Å². The van der Waals surface area contributed by atoms with Crippen LogP contribution in [0.1, 0.15) is 0 Å². The van der Waals surface area contributed by atoms with Crippen molar-refractivity contribution in [3.8, 4) is 5.75 Å². The Bertz CT molecular complexity index is 235. The van der Waals surface area contributed by atoms with Crippen LogP contribution in [0.3, 0.4) is 0 Å². The van der Waals surface area contributed by atoms with Crippen molar-refractivity contribution in [2.45, 2.75) is 9.06 Å². The number of methoxy groups -OCH3 is 1. The molecule has 0 radical (unpaired) electrons. The van der Waals surface area contributed by atoms with Crippen LogP contribution in [-0.4, -0.2) is 11.3 Å². The molecule has 0 aromatic heterocycles. The number of thioether (sulfide) groups is 1. The van der Waals surface area contributed by atoms with E-state index in [1.54, 1.807) is 7.11 Å². The molecule has 66 valence electrons. The lowest BCUT2D eigenvalue weighted by atomic mass is 10.3. The molecule has 1 aromatic rings. The summed E-state index contributed by atoms with van der Waals surface area (Å²) in [6.45, 7) is 0. The summed E-state index contributed by atoms with van der Waals surface area (Å²) in [4.78, 5) is 1.03. The Morgan fingerprint density at radius 1 is 1.25 bits per heavy atom. The normalized spacial score (nSPS) is 10.3. The number of alkyl halides is 2. The average molecular weight is 223 g/mol. The fraction of sp³-hybridized carbons (Fsp3) is 0.250. The minimum Gasteiger partial charge on any atom is -0.497 e. The summed E-state index contributed by atoms with van der Waals surface area (Å²) in [5, 5.41) is 0. The van der Waals surface area contributed by atoms with Crippen LogP contribution in [0.4, 0.5) is 0 Å². The number of rotatable bonds is 3. The van der Waals surface area contributed by atoms with Crippen molar-refractivity contribution < 1.29 is 4.74 Å². The Labute approximate surface area is 86.0 Å². The summed E-state index contributed by atoms with van der Waals surface area (Å²) in [6.07, 6.45) is 0. The SMILES string of the molecule is COc1ccc(SC(Cl)Cl)cc1. The number of benzene rings is 1. The van der Waals surface area contributed by atoms with Gasteiger partial charge >= 0.3 is 0 Å². The first-order valence-corrected chi connectivity index (χ1v) is 5.06. The molecule has 0 unspecified atom stereocenters. The van der Waals surface area contributed by atoms with E-state index < -0.39 is 4.17 Å². The minimum atomic E-state index is -0.418. The van der Waals surface area contributed by atoms with Gasteiger partial charge < -0.3 is 4.74 Å². The molecule has 0 aliphatic rings. The van der Waals surface area contributed by atoms with Crippen LogP contribution in [0, 0.1) is 0 Å². The highest BCUT2D eigenvalue weighted by Gasteiger charge is 2.01. The zero-order chi connectivity index (χ0) is 8.97. The smallest absolute Gasteiger partial charge is 0.157 e. The third-order valence-corrected chi connectivity index (χ3v) is 2.54. The van der Waals surface area contributed by atoms with Crippen molar-refractivity contribution >= 4 is 35.0 Å². The van der Waals surface area contributed by atoms with E-state index in [2.05, 4.69) is 0 Å². The van der Waals surface area contributed by atoms with Gasteiger partial charge in [-0.2, -0.15) is 0 Å². The molecule has 0 aliphatic heterocycles. The van der Waals surface area contributed by atoms with E-state index in [0.717, 1.165) is 10.6 Å². The molecule has 0 N–H and O–H groups in total. The first-order valence-electron chi connectivity index (χ1n) is 3.31. The minimum absolute atomic E-state index is 0.418. The molecule has 12 heavy (non-hydrogen) atoms. The second-order valence-corrected chi connectivity index (χ2v) is 4.85. The molecule has 0 saturated carbocycles. The van der Waals surface area contributed by atoms with Gasteiger partial charge in [0.2, 0.25) is 0 Å². The fourth-order valence-electron chi connectivity index (χ4n) is 0.757. The third-order valence-electron chi connectivity index (χ3n) is 1.28. The largest absolute Gasteiger partial charge is 0.497 e. The van der Waals surface area contributed by atoms with Crippen LogP contribution in [0.2, 0.25) is 0 Å². The van der Waals surface area contributed by atoms with E-state index in [1.165, 1.54) is 11.8 Å². The second kappa shape index (κ2) is 4.85. The molecule has 0 amide bonds. The Hall–Kier alpha value is -0.0500. The highest BCUT2D eigenvalue weighted by Crippen LogP contribution is 2.29. The maximum Gasteiger partial charge on any atom is 0.157 e. The molecule has 0 heterocycles. The summed E-state index contributed by atoms with van der Waals surface area (Å²) in [5.41, 5.74) is 0. The lowest BCUT2D eigenvalue weighted by Crippen LogP contribution is -1.82. The van der Waals surface area contributed by atoms with Crippen molar-refractivity contribution in [2.24, 2.45) is 0 Å². The first kappa shape index (κ1) is 10.0. The lowest BCUT2D eigenvalue weighted by Gasteiger charge is -2.02. The van der Waals surface area contributed by atoms with Crippen molar-refractivity contribution in [3.05, 3.63) is 24.3 Å². The highest BCUT2D eigenvalue weighted by molar-refractivity contribution is 8.02. The van der Waals surface area contributed by atoms with Gasteiger partial charge in [0.15, 0.2) is 4.17 Å². The summed E-state index contributed by atoms with van der Waals surface area (Å²) < 4.78 is 4.58. The van der Waals surface area contributed by atoms with Gasteiger partial charge in [-0.1, -0.05) is 35.0 Å². The van der Waals surface area contributed by atoms with E-state index in [4.69, 9.17) is 27.9 Å². The Morgan fingerprint density at radius 2 is 1.83 bits per heavy atom. The predicted octanol–water partition coefficient (Wildman–Crippen LogP) is 3.55. The monoisotopic (exact) mass is 222 g/mol. The van der Waals surface area contributed by atoms with Crippen molar-refractivity contribution in [3.63, 3.8) is 0 Å². The van der Waals surface area contributed by atoms with Crippen LogP contribution >= 0.6 is 35.0 Å². The molecule has 1 nitrogen and oxygen atoms in total. The molecule has 0 spiro atoms. The molecule has 0 aliphatic carbocycles. The standard InChI is InChI=1S/C8H8Cl2OS/c1-11-6-2-4-7(5-3-6)12-8(9)10/h2-5,8H,1H3. The maximum absolute atomic E-state index is 5.58. The average Bonchev–Trinajstić information content (AvgIpc) is 2.05.